The van der Waals surface area contributed by atoms with Gasteiger partial charge in [-0.1, -0.05) is 109 Å². The fourth-order valence-corrected chi connectivity index (χ4v) is 9.82. The van der Waals surface area contributed by atoms with E-state index in [0.29, 0.717) is 0 Å². The number of para-hydroxylation sites is 6. The molecule has 0 radical (unpaired) electrons. The van der Waals surface area contributed by atoms with Gasteiger partial charge < -0.3 is 8.98 Å². The highest BCUT2D eigenvalue weighted by atomic mass is 32.1. The number of hydrogen-bond donors (Lipinski definition) is 0. The van der Waals surface area contributed by atoms with E-state index in [9.17, 15) is 0 Å². The number of thiophene rings is 1. The monoisotopic (exact) mass is 707 g/mol. The summed E-state index contributed by atoms with van der Waals surface area (Å²) in [6, 6.07) is 62.7. The molecular formula is C49H29N3OS. The third-order valence-corrected chi connectivity index (χ3v) is 12.1. The first kappa shape index (κ1) is 29.6. The van der Waals surface area contributed by atoms with Crippen LogP contribution in [0.5, 0.6) is 0 Å². The Morgan fingerprint density at radius 1 is 0.407 bits per heavy atom. The van der Waals surface area contributed by atoms with Gasteiger partial charge in [0, 0.05) is 58.5 Å². The maximum absolute atomic E-state index is 7.36. The van der Waals surface area contributed by atoms with Crippen molar-refractivity contribution in [2.45, 2.75) is 0 Å². The largest absolute Gasteiger partial charge is 0.453 e. The van der Waals surface area contributed by atoms with Crippen LogP contribution >= 0.6 is 11.3 Å². The van der Waals surface area contributed by atoms with E-state index in [-0.39, 0.29) is 0 Å². The van der Waals surface area contributed by atoms with Gasteiger partial charge in [-0.3, -0.25) is 4.57 Å². The van der Waals surface area contributed by atoms with Crippen molar-refractivity contribution in [2.75, 3.05) is 0 Å². The van der Waals surface area contributed by atoms with Gasteiger partial charge in [-0.15, -0.1) is 11.3 Å². The standard InChI is InChI=1S/C49H29N3OS/c1-2-14-30(15-3-1)51-41-24-10-7-21-38(41)50-49(51)37-29-28-34(33-19-13-27-44-45(33)35-18-6-11-26-43(35)54-44)48-46(37)36-20-12-25-42(47(36)53-48)52-39-22-8-4-16-31(39)32-17-5-9-23-40(32)52/h1-29H. The normalized spacial score (nSPS) is 12.1. The lowest BCUT2D eigenvalue weighted by Gasteiger charge is -2.12. The molecule has 0 fully saturated rings. The van der Waals surface area contributed by atoms with Gasteiger partial charge in [-0.05, 0) is 72.3 Å². The Bertz CT molecular complexity index is 3400. The lowest BCUT2D eigenvalue weighted by Crippen LogP contribution is -1.98. The quantitative estimate of drug-likeness (QED) is 0.183. The molecule has 0 amide bonds. The molecule has 0 bridgehead atoms. The first-order valence-corrected chi connectivity index (χ1v) is 19.0. The number of furan rings is 1. The van der Waals surface area contributed by atoms with Crippen LogP contribution < -0.4 is 0 Å². The number of aromatic nitrogens is 3. The van der Waals surface area contributed by atoms with Crippen LogP contribution in [-0.4, -0.2) is 14.1 Å². The summed E-state index contributed by atoms with van der Waals surface area (Å²) >= 11 is 1.84. The number of imidazole rings is 1. The van der Waals surface area contributed by atoms with Gasteiger partial charge in [0.2, 0.25) is 0 Å². The minimum absolute atomic E-state index is 0.845. The Morgan fingerprint density at radius 2 is 1.04 bits per heavy atom. The van der Waals surface area contributed by atoms with Gasteiger partial charge in [-0.25, -0.2) is 4.98 Å². The minimum atomic E-state index is 0.845. The molecule has 4 nitrogen and oxygen atoms in total. The molecule has 4 heterocycles. The highest BCUT2D eigenvalue weighted by molar-refractivity contribution is 7.25. The van der Waals surface area contributed by atoms with Crippen LogP contribution in [-0.2, 0) is 0 Å². The maximum Gasteiger partial charge on any atom is 0.159 e. The predicted molar refractivity (Wildman–Crippen MR) is 226 cm³/mol. The number of rotatable bonds is 4. The third-order valence-electron chi connectivity index (χ3n) is 11.0. The highest BCUT2D eigenvalue weighted by Gasteiger charge is 2.25. The van der Waals surface area contributed by atoms with Crippen molar-refractivity contribution in [3.63, 3.8) is 0 Å². The molecule has 12 aromatic rings. The summed E-state index contributed by atoms with van der Waals surface area (Å²) in [5.41, 5.74) is 11.3. The highest BCUT2D eigenvalue weighted by Crippen LogP contribution is 2.48. The minimum Gasteiger partial charge on any atom is -0.453 e. The Hall–Kier alpha value is -6.95. The van der Waals surface area contributed by atoms with E-state index in [1.165, 1.54) is 30.9 Å². The van der Waals surface area contributed by atoms with Crippen LogP contribution in [0.2, 0.25) is 0 Å². The van der Waals surface area contributed by atoms with E-state index in [2.05, 4.69) is 185 Å². The molecular weight excluding hydrogens is 679 g/mol. The summed E-state index contributed by atoms with van der Waals surface area (Å²) in [6.07, 6.45) is 0. The van der Waals surface area contributed by atoms with Crippen molar-refractivity contribution < 1.29 is 4.42 Å². The molecule has 0 aliphatic carbocycles. The van der Waals surface area contributed by atoms with E-state index < -0.39 is 0 Å². The first-order chi connectivity index (χ1) is 26.8. The number of nitrogens with zero attached hydrogens (tertiary/aromatic N) is 3. The lowest BCUT2D eigenvalue weighted by molar-refractivity contribution is 0.667. The van der Waals surface area contributed by atoms with Crippen molar-refractivity contribution in [3.8, 4) is 33.9 Å². The van der Waals surface area contributed by atoms with Crippen molar-refractivity contribution in [2.24, 2.45) is 0 Å². The summed E-state index contributed by atoms with van der Waals surface area (Å²) in [4.78, 5) is 5.35. The predicted octanol–water partition coefficient (Wildman–Crippen LogP) is 13.7. The fourth-order valence-electron chi connectivity index (χ4n) is 8.69. The molecule has 0 saturated heterocycles. The summed E-state index contributed by atoms with van der Waals surface area (Å²) in [5, 5.41) is 7.06. The zero-order valence-electron chi connectivity index (χ0n) is 28.9. The zero-order valence-corrected chi connectivity index (χ0v) is 29.7. The van der Waals surface area contributed by atoms with Gasteiger partial charge in [0.1, 0.15) is 11.4 Å². The van der Waals surface area contributed by atoms with E-state index >= 15 is 0 Å². The molecule has 0 aliphatic rings. The second kappa shape index (κ2) is 11.3. The van der Waals surface area contributed by atoms with Crippen LogP contribution in [0.3, 0.4) is 0 Å². The SMILES string of the molecule is c1ccc(-n2c(-c3ccc(-c4cccc5sc6ccccc6c45)c4oc5c(-n6c7ccccc7c7ccccc76)cccc5c34)nc3ccccc32)cc1. The molecule has 252 valence electrons. The molecule has 4 aromatic heterocycles. The first-order valence-electron chi connectivity index (χ1n) is 18.2. The zero-order chi connectivity index (χ0) is 35.3. The average Bonchev–Trinajstić information content (AvgIpc) is 4.00. The smallest absolute Gasteiger partial charge is 0.159 e. The van der Waals surface area contributed by atoms with Gasteiger partial charge in [-0.2, -0.15) is 0 Å². The van der Waals surface area contributed by atoms with Crippen LogP contribution in [0.25, 0.3) is 109 Å². The van der Waals surface area contributed by atoms with E-state index in [4.69, 9.17) is 9.40 Å². The second-order valence-electron chi connectivity index (χ2n) is 13.9. The molecule has 54 heavy (non-hydrogen) atoms. The Balaban J connectivity index is 1.24. The molecule has 0 unspecified atom stereocenters. The number of fused-ring (bicyclic) bond motifs is 10. The Morgan fingerprint density at radius 3 is 1.85 bits per heavy atom. The van der Waals surface area contributed by atoms with Crippen LogP contribution in [0.15, 0.2) is 180 Å². The average molecular weight is 708 g/mol. The van der Waals surface area contributed by atoms with E-state index in [1.807, 2.05) is 11.3 Å². The third kappa shape index (κ3) is 4.10. The number of benzene rings is 8. The fraction of sp³-hybridized carbons (Fsp3) is 0. The maximum atomic E-state index is 7.36. The topological polar surface area (TPSA) is 35.9 Å². The molecule has 0 aliphatic heterocycles. The molecule has 0 spiro atoms. The molecule has 8 aromatic carbocycles. The Kier molecular flexibility index (Phi) is 6.18. The summed E-state index contributed by atoms with van der Waals surface area (Å²) < 4.78 is 14.5. The summed E-state index contributed by atoms with van der Waals surface area (Å²) in [7, 11) is 0. The van der Waals surface area contributed by atoms with Crippen LogP contribution in [0.1, 0.15) is 0 Å². The van der Waals surface area contributed by atoms with Crippen molar-refractivity contribution in [1.29, 1.82) is 0 Å². The van der Waals surface area contributed by atoms with Crippen LogP contribution in [0, 0.1) is 0 Å². The van der Waals surface area contributed by atoms with E-state index in [1.54, 1.807) is 0 Å². The van der Waals surface area contributed by atoms with E-state index in [0.717, 1.165) is 77.9 Å². The number of hydrogen-bond acceptors (Lipinski definition) is 3. The van der Waals surface area contributed by atoms with Gasteiger partial charge in [0.05, 0.1) is 27.8 Å². The molecule has 0 saturated carbocycles. The van der Waals surface area contributed by atoms with Crippen LogP contribution in [0.4, 0.5) is 0 Å². The summed E-state index contributed by atoms with van der Waals surface area (Å²) in [6.45, 7) is 0. The molecule has 12 rings (SSSR count). The van der Waals surface area contributed by atoms with Crippen molar-refractivity contribution in [1.82, 2.24) is 14.1 Å². The molecule has 0 atom stereocenters. The molecule has 0 N–H and O–H groups in total. The molecule has 5 heteroatoms. The Labute approximate surface area is 313 Å². The van der Waals surface area contributed by atoms with Crippen molar-refractivity contribution in [3.05, 3.63) is 176 Å². The summed E-state index contributed by atoms with van der Waals surface area (Å²) in [5.74, 6) is 0.878. The lowest BCUT2D eigenvalue weighted by atomic mass is 9.95. The van der Waals surface area contributed by atoms with Crippen molar-refractivity contribution >= 4 is 86.3 Å². The van der Waals surface area contributed by atoms with Gasteiger partial charge in [0.15, 0.2) is 5.58 Å². The van der Waals surface area contributed by atoms with Gasteiger partial charge in [0.25, 0.3) is 0 Å². The van der Waals surface area contributed by atoms with Gasteiger partial charge >= 0.3 is 0 Å². The second-order valence-corrected chi connectivity index (χ2v) is 14.9.